The molecule has 4 heterocycles. The SMILES string of the molecule is CCCCCCN=C(NC#N)NCCCC[C@H](NC(=O)[C@H](CO)NC(=O)[C@H](Cc1c[nH]c2ccccc12)NC(=O)[C@H](Cc1cnc[nH]1)NC(=O)[C@@H]1CCC(=O)N1)C(=O)N[C@H](CCCCNC(=NCCCCCC)NC#N)C(=O)N[C@@H](CC(C)C)C(=O)N[C@@H](CCCCNC(C)C)C(=O)N1CCC[C@H]1C(=O)N[C@H](C)C(N)=O. The van der Waals surface area contributed by atoms with E-state index in [1.165, 1.54) is 24.3 Å². The smallest absolute Gasteiger partial charge is 0.245 e. The molecule has 35 heteroatoms. The van der Waals surface area contributed by atoms with Crippen LogP contribution in [0.1, 0.15) is 201 Å². The van der Waals surface area contributed by atoms with Crippen LogP contribution in [0, 0.1) is 28.8 Å². The number of aromatic amines is 2. The van der Waals surface area contributed by atoms with Crippen LogP contribution in [0.25, 0.3) is 10.9 Å². The van der Waals surface area contributed by atoms with Gasteiger partial charge in [-0.05, 0) is 127 Å². The highest BCUT2D eigenvalue weighted by molar-refractivity contribution is 6.00. The highest BCUT2D eigenvalue weighted by atomic mass is 16.3. The molecule has 612 valence electrons. The van der Waals surface area contributed by atoms with E-state index in [-0.39, 0.29) is 120 Å². The number of fused-ring (bicyclic) bond motifs is 1. The number of para-hydroxylation sites is 1. The largest absolute Gasteiger partial charge is 0.394 e. The Bertz CT molecular complexity index is 3610. The number of nitrogens with two attached hydrogens (primary N) is 1. The van der Waals surface area contributed by atoms with Crippen molar-refractivity contribution in [2.45, 2.75) is 269 Å². The molecule has 0 unspecified atom stereocenters. The number of nitrogens with one attached hydrogen (secondary N) is 16. The number of carbonyl (C=O) groups excluding carboxylic acids is 11. The molecular weight excluding hydrogens is 1430 g/mol. The van der Waals surface area contributed by atoms with Crippen molar-refractivity contribution in [2.75, 3.05) is 45.9 Å². The third kappa shape index (κ3) is 33.0. The van der Waals surface area contributed by atoms with E-state index in [1.807, 2.05) is 46.1 Å². The lowest BCUT2D eigenvalue weighted by molar-refractivity contribution is -0.142. The Labute approximate surface area is 650 Å². The predicted molar refractivity (Wildman–Crippen MR) is 418 cm³/mol. The van der Waals surface area contributed by atoms with Gasteiger partial charge in [0, 0.05) is 87.0 Å². The number of carbonyl (C=O) groups is 11. The minimum atomic E-state index is -1.79. The lowest BCUT2D eigenvalue weighted by Gasteiger charge is -2.31. The first-order chi connectivity index (χ1) is 53.4. The van der Waals surface area contributed by atoms with Gasteiger partial charge in [-0.25, -0.2) is 4.98 Å². The van der Waals surface area contributed by atoms with E-state index in [4.69, 9.17) is 5.73 Å². The van der Waals surface area contributed by atoms with Crippen LogP contribution in [0.3, 0.4) is 0 Å². The molecule has 19 N–H and O–H groups in total. The van der Waals surface area contributed by atoms with Crippen LogP contribution in [0.2, 0.25) is 0 Å². The van der Waals surface area contributed by atoms with Crippen LogP contribution in [0.5, 0.6) is 0 Å². The zero-order valence-electron chi connectivity index (χ0n) is 65.6. The average Bonchev–Trinajstić information content (AvgIpc) is 1.71. The first kappa shape index (κ1) is 91.2. The molecule has 0 aliphatic carbocycles. The van der Waals surface area contributed by atoms with Gasteiger partial charge in [0.05, 0.1) is 12.9 Å². The summed E-state index contributed by atoms with van der Waals surface area (Å²) in [5.41, 5.74) is 7.19. The average molecular weight is 1550 g/mol. The summed E-state index contributed by atoms with van der Waals surface area (Å²) < 4.78 is 0. The topological polar surface area (TPSA) is 522 Å². The van der Waals surface area contributed by atoms with E-state index >= 15 is 9.59 Å². The highest BCUT2D eigenvalue weighted by Gasteiger charge is 2.41. The minimum Gasteiger partial charge on any atom is -0.394 e. The van der Waals surface area contributed by atoms with Crippen LogP contribution in [0.15, 0.2) is 53.0 Å². The lowest BCUT2D eigenvalue weighted by atomic mass is 10.00. The summed E-state index contributed by atoms with van der Waals surface area (Å²) in [6, 6.07) is -5.52. The van der Waals surface area contributed by atoms with Gasteiger partial charge in [0.25, 0.3) is 0 Å². The summed E-state index contributed by atoms with van der Waals surface area (Å²) in [5.74, 6) is -7.81. The van der Waals surface area contributed by atoms with E-state index < -0.39 is 126 Å². The van der Waals surface area contributed by atoms with Crippen molar-refractivity contribution in [3.8, 4) is 12.4 Å². The zero-order chi connectivity index (χ0) is 81.0. The maximum absolute atomic E-state index is 15.3. The number of hydrogen-bond acceptors (Lipinski definition) is 18. The van der Waals surface area contributed by atoms with Crippen molar-refractivity contribution in [2.24, 2.45) is 21.6 Å². The number of H-pyrrole nitrogens is 2. The Hall–Kier alpha value is -10.4. The van der Waals surface area contributed by atoms with E-state index in [2.05, 4.69) is 113 Å². The number of hydrogen-bond donors (Lipinski definition) is 18. The maximum atomic E-state index is 15.3. The summed E-state index contributed by atoms with van der Waals surface area (Å²) in [6.45, 7) is 14.5. The summed E-state index contributed by atoms with van der Waals surface area (Å²) in [4.78, 5) is 176. The standard InChI is InChI=1S/C76H121N23O12/c1-8-10-12-19-34-82-75(87-45-77)84-36-22-16-27-55(93-72(109)62(44-100)98-70(107)60(40-51-42-86-54-26-15-14-25-53(51)54)96-71(108)61(41-52-43-80-47-89-52)97-68(105)57-31-32-64(101)91-57)66(103)92-56(28-17-23-37-85-76(88-46-78)83-35-20-13-11-9-2)67(104)95-59(39-48(3)4)69(106)94-58(29-18-21-33-81-49(5)6)74(111)99-38-24-30-63(99)73(110)90-50(7)65(79)102/h14-15,25-26,42-43,47-50,55-63,81,86,100H,8-13,16-24,27-41,44H2,1-7H3,(H2,79,102)(H,80,89)(H,90,110)(H,91,101)(H,92,103)(H,93,109)(H,94,106)(H,95,104)(H,96,108)(H,97,105)(H,98,107)(H2,82,84,87)(H2,83,85,88)/t50-,55+,56-,57+,58+,59+,60+,61+,62+,63+/m1/s1. The third-order valence-electron chi connectivity index (χ3n) is 19.1. The second kappa shape index (κ2) is 50.4. The summed E-state index contributed by atoms with van der Waals surface area (Å²) >= 11 is 0. The molecule has 0 radical (unpaired) electrons. The molecular formula is C76H121N23O12. The first-order valence-corrected chi connectivity index (χ1v) is 39.5. The number of benzene rings is 1. The van der Waals surface area contributed by atoms with Crippen molar-refractivity contribution in [3.63, 3.8) is 0 Å². The van der Waals surface area contributed by atoms with Crippen LogP contribution in [-0.2, 0) is 65.6 Å². The molecule has 2 saturated heterocycles. The molecule has 10 atom stereocenters. The quantitative estimate of drug-likeness (QED) is 0.0124. The van der Waals surface area contributed by atoms with E-state index in [9.17, 15) is 58.8 Å². The fraction of sp³-hybridized carbons (Fsp3) is 0.658. The van der Waals surface area contributed by atoms with Crippen LogP contribution < -0.4 is 80.2 Å². The number of aliphatic imine (C=N–C) groups is 2. The van der Waals surface area contributed by atoms with E-state index in [1.54, 1.807) is 24.4 Å². The summed E-state index contributed by atoms with van der Waals surface area (Å²) in [5, 5.41) is 70.2. The fourth-order valence-electron chi connectivity index (χ4n) is 12.9. The van der Waals surface area contributed by atoms with Gasteiger partial charge in [0.1, 0.15) is 60.4 Å². The molecule has 2 aliphatic rings. The van der Waals surface area contributed by atoms with Crippen LogP contribution in [-0.4, -0.2) is 214 Å². The summed E-state index contributed by atoms with van der Waals surface area (Å²) in [7, 11) is 0. The highest BCUT2D eigenvalue weighted by Crippen LogP contribution is 2.23. The van der Waals surface area contributed by atoms with Crippen molar-refractivity contribution in [1.82, 2.24) is 94.3 Å². The Morgan fingerprint density at radius 2 is 1.14 bits per heavy atom. The fourth-order valence-corrected chi connectivity index (χ4v) is 12.9. The van der Waals surface area contributed by atoms with Gasteiger partial charge in [-0.3, -0.25) is 73.4 Å². The Kier molecular flexibility index (Phi) is 41.4. The number of primary amides is 1. The van der Waals surface area contributed by atoms with Gasteiger partial charge in [-0.15, -0.1) is 0 Å². The normalized spacial score (nSPS) is 16.4. The number of aliphatic hydroxyl groups is 1. The second-order valence-corrected chi connectivity index (χ2v) is 29.1. The molecule has 111 heavy (non-hydrogen) atoms. The molecule has 35 nitrogen and oxygen atoms in total. The van der Waals surface area contributed by atoms with Gasteiger partial charge in [0.15, 0.2) is 12.4 Å². The summed E-state index contributed by atoms with van der Waals surface area (Å²) in [6.07, 6.45) is 18.9. The molecule has 0 saturated carbocycles. The van der Waals surface area contributed by atoms with Crippen LogP contribution >= 0.6 is 0 Å². The van der Waals surface area contributed by atoms with E-state index in [0.29, 0.717) is 73.9 Å². The molecule has 11 amide bonds. The number of nitrogens with zero attached hydrogens (tertiary/aromatic N) is 6. The minimum absolute atomic E-state index is 0.0534. The van der Waals surface area contributed by atoms with Crippen molar-refractivity contribution in [1.29, 1.82) is 10.5 Å². The van der Waals surface area contributed by atoms with E-state index in [0.717, 1.165) is 51.4 Å². The van der Waals surface area contributed by atoms with Gasteiger partial charge >= 0.3 is 0 Å². The van der Waals surface area contributed by atoms with Gasteiger partial charge in [0.2, 0.25) is 76.9 Å². The number of imidazole rings is 1. The Morgan fingerprint density at radius 1 is 0.613 bits per heavy atom. The number of likely N-dealkylation sites (tertiary alicyclic amines) is 1. The number of aliphatic hydroxyl groups excluding tert-OH is 1. The number of amides is 11. The first-order valence-electron chi connectivity index (χ1n) is 39.5. The molecule has 2 aromatic heterocycles. The second-order valence-electron chi connectivity index (χ2n) is 29.1. The number of rotatable bonds is 51. The van der Waals surface area contributed by atoms with Crippen LogP contribution in [0.4, 0.5) is 0 Å². The van der Waals surface area contributed by atoms with Crippen molar-refractivity contribution >= 4 is 87.8 Å². The molecule has 2 aliphatic heterocycles. The zero-order valence-corrected chi connectivity index (χ0v) is 65.6. The molecule has 5 rings (SSSR count). The van der Waals surface area contributed by atoms with Gasteiger partial charge in [-0.2, -0.15) is 10.5 Å². The van der Waals surface area contributed by atoms with Gasteiger partial charge in [-0.1, -0.05) is 98.3 Å². The maximum Gasteiger partial charge on any atom is 0.245 e. The molecule has 0 bridgehead atoms. The van der Waals surface area contributed by atoms with Crippen molar-refractivity contribution < 1.29 is 57.8 Å². The van der Waals surface area contributed by atoms with Crippen molar-refractivity contribution in [3.05, 3.63) is 54.2 Å². The van der Waals surface area contributed by atoms with Gasteiger partial charge < -0.3 is 89.5 Å². The number of guanidine groups is 2. The monoisotopic (exact) mass is 1550 g/mol. The number of nitriles is 2. The molecule has 2 fully saturated rings. The number of aromatic nitrogens is 3. The number of unbranched alkanes of at least 4 members (excludes halogenated alkanes) is 9. The Morgan fingerprint density at radius 3 is 1.68 bits per heavy atom. The lowest BCUT2D eigenvalue weighted by Crippen LogP contribution is -2.61. The third-order valence-corrected chi connectivity index (χ3v) is 19.1. The predicted octanol–water partition coefficient (Wildman–Crippen LogP) is 1.07. The molecule has 1 aromatic carbocycles. The Balaban J connectivity index is 1.49. The molecule has 0 spiro atoms. The molecule has 3 aromatic rings.